The van der Waals surface area contributed by atoms with Crippen molar-refractivity contribution in [1.82, 2.24) is 31.2 Å². The Labute approximate surface area is 339 Å². The molecule has 59 heavy (non-hydrogen) atoms. The number of aryl methyl sites for hydroxylation is 1. The molecule has 0 radical (unpaired) electrons. The number of aromatic nitrogens is 1. The molecule has 8 amide bonds. The van der Waals surface area contributed by atoms with Gasteiger partial charge in [0.1, 0.15) is 36.0 Å². The monoisotopic (exact) mass is 815 g/mol. The van der Waals surface area contributed by atoms with E-state index in [1.54, 1.807) is 18.2 Å². The molecule has 0 unspecified atom stereocenters. The quantitative estimate of drug-likeness (QED) is 0.0851. The number of phenols is 1. The van der Waals surface area contributed by atoms with Crippen molar-refractivity contribution in [3.8, 4) is 5.75 Å². The molecule has 1 aromatic heterocycles. The molecule has 0 saturated carbocycles. The Balaban J connectivity index is 1.31. The van der Waals surface area contributed by atoms with Crippen molar-refractivity contribution >= 4 is 63.7 Å². The first kappa shape index (κ1) is 43.5. The fourth-order valence-electron chi connectivity index (χ4n) is 7.04. The van der Waals surface area contributed by atoms with Crippen LogP contribution in [0.15, 0.2) is 54.9 Å². The average molecular weight is 816 g/mol. The maximum atomic E-state index is 14.2. The Bertz CT molecular complexity index is 2120. The number of carbonyl (C=O) groups excluding carboxylic acids is 8. The van der Waals surface area contributed by atoms with Gasteiger partial charge in [0.15, 0.2) is 0 Å². The molecule has 314 valence electrons. The zero-order chi connectivity index (χ0) is 42.9. The summed E-state index contributed by atoms with van der Waals surface area (Å²) in [5.41, 5.74) is 11.1. The van der Waals surface area contributed by atoms with Crippen LogP contribution in [0.25, 0.3) is 10.8 Å². The van der Waals surface area contributed by atoms with E-state index in [4.69, 9.17) is 16.2 Å². The first-order valence-electron chi connectivity index (χ1n) is 19.1. The molecule has 3 atom stereocenters. The lowest BCUT2D eigenvalue weighted by atomic mass is 9.88. The Morgan fingerprint density at radius 2 is 1.69 bits per heavy atom. The summed E-state index contributed by atoms with van der Waals surface area (Å²) in [5.74, 6) is -5.65. The second-order valence-corrected chi connectivity index (χ2v) is 14.8. The number of pyridine rings is 1. The maximum Gasteiger partial charge on any atom is 0.250 e. The number of ether oxygens (including phenoxy) is 1. The Morgan fingerprint density at radius 1 is 0.966 bits per heavy atom. The van der Waals surface area contributed by atoms with Crippen LogP contribution >= 0.6 is 0 Å². The number of nitrogens with two attached hydrogens (primary N) is 2. The molecule has 3 aromatic rings. The second-order valence-electron chi connectivity index (χ2n) is 14.8. The van der Waals surface area contributed by atoms with E-state index in [0.717, 1.165) is 21.2 Å². The van der Waals surface area contributed by atoms with Crippen molar-refractivity contribution in [2.24, 2.45) is 11.5 Å². The third-order valence-corrected chi connectivity index (χ3v) is 10.4. The van der Waals surface area contributed by atoms with E-state index in [1.807, 2.05) is 18.2 Å². The molecule has 0 aliphatic carbocycles. The highest BCUT2D eigenvalue weighted by atomic mass is 16.5. The highest BCUT2D eigenvalue weighted by Gasteiger charge is 2.43. The number of nitrogens with one attached hydrogen (secondary N) is 4. The van der Waals surface area contributed by atoms with Crippen LogP contribution in [-0.4, -0.2) is 119 Å². The van der Waals surface area contributed by atoms with E-state index < -0.39 is 78.0 Å². The molecule has 19 heteroatoms. The number of primary amides is 2. The minimum Gasteiger partial charge on any atom is -0.508 e. The number of hydrogen-bond donors (Lipinski definition) is 7. The summed E-state index contributed by atoms with van der Waals surface area (Å²) < 4.78 is 5.51. The summed E-state index contributed by atoms with van der Waals surface area (Å²) in [6.07, 6.45) is 2.55. The van der Waals surface area contributed by atoms with Crippen molar-refractivity contribution in [1.29, 1.82) is 0 Å². The third kappa shape index (κ3) is 11.3. The van der Waals surface area contributed by atoms with E-state index in [-0.39, 0.29) is 63.5 Å². The fraction of sp³-hybridized carbons (Fsp3) is 0.425. The number of amides is 8. The van der Waals surface area contributed by atoms with Gasteiger partial charge in [-0.2, -0.15) is 0 Å². The van der Waals surface area contributed by atoms with Gasteiger partial charge in [0.05, 0.1) is 12.1 Å². The zero-order valence-corrected chi connectivity index (χ0v) is 32.8. The fourth-order valence-corrected chi connectivity index (χ4v) is 7.04. The van der Waals surface area contributed by atoms with Crippen LogP contribution in [0.4, 0.5) is 5.69 Å². The normalized spacial score (nSPS) is 16.8. The Kier molecular flexibility index (Phi) is 14.2. The standard InChI is InChI=1S/C40H49N9O10/c1-23(50)48(2)14-10-29(36(55)44-30(20-33(41)52)37(56)45-31-19-27-21-43-13-9-32(27)49(38(31)57)22-34(42)53)46-39(58)40(11-15-59-16-12-40)47-35(54)8-4-24-3-5-25-6-7-28(51)18-26(25)17-24/h3,5-7,9,13,17-18,21,29-31,51H,4,8,10-12,14-16,19-20,22H2,1-2H3,(H2,41,52)(H2,42,53)(H,44,55)(H,45,56)(H,46,58)(H,47,54)/t29-,30-,31-/m0/s1. The van der Waals surface area contributed by atoms with Crippen LogP contribution in [-0.2, 0) is 55.9 Å². The molecule has 2 aliphatic heterocycles. The van der Waals surface area contributed by atoms with E-state index in [2.05, 4.69) is 26.3 Å². The van der Waals surface area contributed by atoms with Crippen molar-refractivity contribution in [2.45, 2.75) is 75.5 Å². The van der Waals surface area contributed by atoms with Gasteiger partial charge in [0.2, 0.25) is 47.3 Å². The number of carbonyl (C=O) groups is 8. The minimum atomic E-state index is -1.62. The summed E-state index contributed by atoms with van der Waals surface area (Å²) >= 11 is 0. The number of fused-ring (bicyclic) bond motifs is 2. The van der Waals surface area contributed by atoms with Crippen molar-refractivity contribution < 1.29 is 48.2 Å². The SMILES string of the molecule is CC(=O)N(C)CC[C@H](NC(=O)C1(NC(=O)CCc2ccc3ccc(O)cc3c2)CCOCC1)C(=O)N[C@@H](CC(N)=O)C(=O)N[C@H]1Cc2cnccc2N(CC(N)=O)C1=O. The molecule has 5 rings (SSSR count). The molecular formula is C40H49N9O10. The average Bonchev–Trinajstić information content (AvgIpc) is 3.19. The van der Waals surface area contributed by atoms with Gasteiger partial charge in [0, 0.05) is 71.8 Å². The zero-order valence-electron chi connectivity index (χ0n) is 32.8. The number of hydrogen-bond acceptors (Lipinski definition) is 11. The van der Waals surface area contributed by atoms with Crippen LogP contribution in [0.3, 0.4) is 0 Å². The molecule has 1 fully saturated rings. The molecule has 3 heterocycles. The first-order valence-corrected chi connectivity index (χ1v) is 19.1. The molecule has 19 nitrogen and oxygen atoms in total. The van der Waals surface area contributed by atoms with Crippen LogP contribution in [0, 0.1) is 0 Å². The summed E-state index contributed by atoms with van der Waals surface area (Å²) in [6.45, 7) is 1.09. The number of nitrogens with zero attached hydrogens (tertiary/aromatic N) is 3. The lowest BCUT2D eigenvalue weighted by Crippen LogP contribution is -2.65. The first-order chi connectivity index (χ1) is 28.0. The van der Waals surface area contributed by atoms with Gasteiger partial charge in [-0.3, -0.25) is 43.3 Å². The van der Waals surface area contributed by atoms with Crippen molar-refractivity contribution in [2.75, 3.05) is 38.3 Å². The highest BCUT2D eigenvalue weighted by molar-refractivity contribution is 6.06. The molecular weight excluding hydrogens is 766 g/mol. The molecule has 0 spiro atoms. The summed E-state index contributed by atoms with van der Waals surface area (Å²) in [5, 5.41) is 22.2. The van der Waals surface area contributed by atoms with Gasteiger partial charge in [0.25, 0.3) is 0 Å². The molecule has 2 aromatic carbocycles. The predicted octanol–water partition coefficient (Wildman–Crippen LogP) is -1.19. The van der Waals surface area contributed by atoms with Gasteiger partial charge in [-0.15, -0.1) is 0 Å². The van der Waals surface area contributed by atoms with E-state index >= 15 is 0 Å². The number of benzene rings is 2. The number of phenolic OH excluding ortho intramolecular Hbond substituents is 1. The minimum absolute atomic E-state index is 0.00783. The van der Waals surface area contributed by atoms with Gasteiger partial charge < -0.3 is 52.4 Å². The Morgan fingerprint density at radius 3 is 2.39 bits per heavy atom. The lowest BCUT2D eigenvalue weighted by molar-refractivity contribution is -0.140. The maximum absolute atomic E-state index is 14.2. The topological polar surface area (TPSA) is 286 Å². The van der Waals surface area contributed by atoms with Crippen LogP contribution in [0.5, 0.6) is 5.75 Å². The Hall–Kier alpha value is -6.63. The second kappa shape index (κ2) is 19.2. The van der Waals surface area contributed by atoms with E-state index in [1.165, 1.54) is 37.3 Å². The van der Waals surface area contributed by atoms with E-state index in [9.17, 15) is 43.5 Å². The van der Waals surface area contributed by atoms with Crippen molar-refractivity contribution in [3.05, 3.63) is 66.0 Å². The summed E-state index contributed by atoms with van der Waals surface area (Å²) in [4.78, 5) is 111. The van der Waals surface area contributed by atoms with Gasteiger partial charge in [-0.1, -0.05) is 24.3 Å². The number of rotatable bonds is 17. The predicted molar refractivity (Wildman–Crippen MR) is 212 cm³/mol. The van der Waals surface area contributed by atoms with Gasteiger partial charge in [-0.25, -0.2) is 0 Å². The highest BCUT2D eigenvalue weighted by Crippen LogP contribution is 2.27. The third-order valence-electron chi connectivity index (χ3n) is 10.4. The van der Waals surface area contributed by atoms with Gasteiger partial charge >= 0.3 is 0 Å². The van der Waals surface area contributed by atoms with Crippen molar-refractivity contribution in [3.63, 3.8) is 0 Å². The summed E-state index contributed by atoms with van der Waals surface area (Å²) in [7, 11) is 1.50. The molecule has 9 N–H and O–H groups in total. The lowest BCUT2D eigenvalue weighted by Gasteiger charge is -2.38. The van der Waals surface area contributed by atoms with Gasteiger partial charge in [-0.05, 0) is 52.9 Å². The molecule has 1 saturated heterocycles. The number of anilines is 1. The van der Waals surface area contributed by atoms with E-state index in [0.29, 0.717) is 17.7 Å². The van der Waals surface area contributed by atoms with Crippen LogP contribution < -0.4 is 37.6 Å². The largest absolute Gasteiger partial charge is 0.508 e. The smallest absolute Gasteiger partial charge is 0.250 e. The summed E-state index contributed by atoms with van der Waals surface area (Å²) in [6, 6.07) is 7.90. The van der Waals surface area contributed by atoms with Crippen LogP contribution in [0.1, 0.15) is 50.2 Å². The van der Waals surface area contributed by atoms with Crippen LogP contribution in [0.2, 0.25) is 0 Å². The molecule has 0 bridgehead atoms. The number of aromatic hydroxyl groups is 1. The molecule has 2 aliphatic rings.